The van der Waals surface area contributed by atoms with Gasteiger partial charge in [0, 0.05) is 11.4 Å². The molecule has 24 heavy (non-hydrogen) atoms. The molecule has 2 heterocycles. The van der Waals surface area contributed by atoms with Crippen molar-refractivity contribution in [1.82, 2.24) is 20.4 Å². The lowest BCUT2D eigenvalue weighted by atomic mass is 9.94. The van der Waals surface area contributed by atoms with Crippen molar-refractivity contribution in [2.45, 2.75) is 37.5 Å². The van der Waals surface area contributed by atoms with E-state index >= 15 is 0 Å². The molecular formula is C12H10F8N4. The summed E-state index contributed by atoms with van der Waals surface area (Å²) in [5.74, 6) is -24.2. The van der Waals surface area contributed by atoms with Gasteiger partial charge >= 0.3 is 23.7 Å². The molecule has 0 aliphatic carbocycles. The molecule has 0 aliphatic rings. The Hall–Kier alpha value is -2.14. The summed E-state index contributed by atoms with van der Waals surface area (Å²) in [4.78, 5) is 0. The molecule has 0 saturated heterocycles. The zero-order valence-electron chi connectivity index (χ0n) is 12.1. The van der Waals surface area contributed by atoms with Crippen LogP contribution in [-0.4, -0.2) is 32.2 Å². The van der Waals surface area contributed by atoms with Crippen LogP contribution in [0.2, 0.25) is 0 Å². The first-order chi connectivity index (χ1) is 10.7. The van der Waals surface area contributed by atoms with Crippen LogP contribution in [0.3, 0.4) is 0 Å². The van der Waals surface area contributed by atoms with Gasteiger partial charge in [-0.2, -0.15) is 45.3 Å². The number of halogens is 8. The fourth-order valence-corrected chi connectivity index (χ4v) is 1.87. The van der Waals surface area contributed by atoms with Crippen LogP contribution in [0, 0.1) is 13.8 Å². The predicted octanol–water partition coefficient (Wildman–Crippen LogP) is 3.90. The zero-order valence-corrected chi connectivity index (χ0v) is 12.1. The SMILES string of the molecule is Cc1cc(C(F)(F)C(F)(F)C(F)(F)C(F)(F)c2cc(C)[nH]n2)n[nH]1. The van der Waals surface area contributed by atoms with Gasteiger partial charge in [-0.1, -0.05) is 0 Å². The van der Waals surface area contributed by atoms with Crippen molar-refractivity contribution >= 4 is 0 Å². The van der Waals surface area contributed by atoms with Crippen molar-refractivity contribution < 1.29 is 35.1 Å². The third-order valence-corrected chi connectivity index (χ3v) is 3.24. The number of hydrogen-bond acceptors (Lipinski definition) is 2. The van der Waals surface area contributed by atoms with Gasteiger partial charge in [-0.3, -0.25) is 10.2 Å². The Morgan fingerprint density at radius 3 is 1.17 bits per heavy atom. The molecule has 0 bridgehead atoms. The summed E-state index contributed by atoms with van der Waals surface area (Å²) in [6.07, 6.45) is 0. The molecule has 0 saturated carbocycles. The molecule has 0 unspecified atom stereocenters. The lowest BCUT2D eigenvalue weighted by Gasteiger charge is -2.35. The second-order valence-corrected chi connectivity index (χ2v) is 5.17. The van der Waals surface area contributed by atoms with Crippen LogP contribution in [0.25, 0.3) is 0 Å². The first-order valence-electron chi connectivity index (χ1n) is 6.31. The normalized spacial score (nSPS) is 14.2. The summed E-state index contributed by atoms with van der Waals surface area (Å²) in [5.41, 5.74) is -3.84. The van der Waals surface area contributed by atoms with Gasteiger partial charge in [0.05, 0.1) is 0 Å². The standard InChI is InChI=1S/C12H10F8N4/c1-5-3-7(23-21-5)9(13,14)11(17,18)12(19,20)10(15,16)8-4-6(2)22-24-8/h3-4H,1-2H3,(H,21,23)(H,22,24). The Bertz CT molecular complexity index is 671. The molecule has 0 fully saturated rings. The smallest absolute Gasteiger partial charge is 0.282 e. The molecule has 12 heteroatoms. The van der Waals surface area contributed by atoms with Crippen LogP contribution in [0.5, 0.6) is 0 Å². The molecule has 0 radical (unpaired) electrons. The van der Waals surface area contributed by atoms with Crippen LogP contribution in [0.4, 0.5) is 35.1 Å². The minimum atomic E-state index is -6.45. The van der Waals surface area contributed by atoms with E-state index in [1.54, 1.807) is 0 Å². The second-order valence-electron chi connectivity index (χ2n) is 5.17. The Labute approximate surface area is 129 Å². The quantitative estimate of drug-likeness (QED) is 0.793. The van der Waals surface area contributed by atoms with Crippen LogP contribution in [0.1, 0.15) is 22.8 Å². The van der Waals surface area contributed by atoms with Gasteiger partial charge < -0.3 is 0 Å². The van der Waals surface area contributed by atoms with E-state index in [1.165, 1.54) is 0 Å². The summed E-state index contributed by atoms with van der Waals surface area (Å²) in [6, 6.07) is 0.724. The third kappa shape index (κ3) is 2.35. The van der Waals surface area contributed by atoms with Gasteiger partial charge in [0.2, 0.25) is 0 Å². The highest BCUT2D eigenvalue weighted by atomic mass is 19.4. The molecule has 0 aromatic carbocycles. The maximum Gasteiger partial charge on any atom is 0.384 e. The van der Waals surface area contributed by atoms with E-state index in [0.29, 0.717) is 12.1 Å². The highest BCUT2D eigenvalue weighted by molar-refractivity contribution is 5.23. The number of rotatable bonds is 5. The largest absolute Gasteiger partial charge is 0.384 e. The number of alkyl halides is 8. The highest BCUT2D eigenvalue weighted by Gasteiger charge is 2.82. The maximum absolute atomic E-state index is 13.8. The van der Waals surface area contributed by atoms with Gasteiger partial charge in [-0.15, -0.1) is 0 Å². The lowest BCUT2D eigenvalue weighted by Crippen LogP contribution is -2.60. The number of nitrogens with zero attached hydrogens (tertiary/aromatic N) is 2. The fraction of sp³-hybridized carbons (Fsp3) is 0.500. The van der Waals surface area contributed by atoms with Crippen LogP contribution in [-0.2, 0) is 11.8 Å². The monoisotopic (exact) mass is 362 g/mol. The lowest BCUT2D eigenvalue weighted by molar-refractivity contribution is -0.376. The zero-order chi connectivity index (χ0) is 18.6. The van der Waals surface area contributed by atoms with Gasteiger partial charge in [-0.25, -0.2) is 0 Å². The predicted molar refractivity (Wildman–Crippen MR) is 64.3 cm³/mol. The summed E-state index contributed by atoms with van der Waals surface area (Å²) in [6.45, 7) is 2.29. The number of H-pyrrole nitrogens is 2. The molecule has 2 rings (SSSR count). The Balaban J connectivity index is 2.53. The molecule has 2 aromatic rings. The van der Waals surface area contributed by atoms with E-state index in [9.17, 15) is 35.1 Å². The van der Waals surface area contributed by atoms with E-state index in [0.717, 1.165) is 13.8 Å². The van der Waals surface area contributed by atoms with Gasteiger partial charge in [0.1, 0.15) is 11.4 Å². The number of hydrogen-bond donors (Lipinski definition) is 2. The van der Waals surface area contributed by atoms with Crippen LogP contribution in [0.15, 0.2) is 12.1 Å². The van der Waals surface area contributed by atoms with E-state index in [1.807, 2.05) is 10.2 Å². The van der Waals surface area contributed by atoms with Crippen LogP contribution < -0.4 is 0 Å². The average molecular weight is 362 g/mol. The molecule has 0 aliphatic heterocycles. The van der Waals surface area contributed by atoms with Crippen molar-refractivity contribution in [3.63, 3.8) is 0 Å². The minimum Gasteiger partial charge on any atom is -0.282 e. The molecule has 2 N–H and O–H groups in total. The van der Waals surface area contributed by atoms with Crippen molar-refractivity contribution in [3.8, 4) is 0 Å². The van der Waals surface area contributed by atoms with E-state index in [-0.39, 0.29) is 11.4 Å². The van der Waals surface area contributed by atoms with Crippen molar-refractivity contribution in [2.24, 2.45) is 0 Å². The molecule has 2 aromatic heterocycles. The summed E-state index contributed by atoms with van der Waals surface area (Å²) < 4.78 is 110. The molecule has 0 amide bonds. The van der Waals surface area contributed by atoms with Gasteiger partial charge in [-0.05, 0) is 26.0 Å². The fourth-order valence-electron chi connectivity index (χ4n) is 1.87. The van der Waals surface area contributed by atoms with Crippen molar-refractivity contribution in [2.75, 3.05) is 0 Å². The third-order valence-electron chi connectivity index (χ3n) is 3.24. The number of aromatic amines is 2. The molecule has 134 valence electrons. The summed E-state index contributed by atoms with van der Waals surface area (Å²) in [7, 11) is 0. The number of aryl methyl sites for hydroxylation is 2. The summed E-state index contributed by atoms with van der Waals surface area (Å²) in [5, 5.41) is 9.26. The van der Waals surface area contributed by atoms with Gasteiger partial charge in [0.25, 0.3) is 0 Å². The average Bonchev–Trinajstić information content (AvgIpc) is 3.07. The van der Waals surface area contributed by atoms with Crippen molar-refractivity contribution in [3.05, 3.63) is 34.9 Å². The van der Waals surface area contributed by atoms with E-state index in [2.05, 4.69) is 10.2 Å². The Kier molecular flexibility index (Phi) is 3.93. The number of aromatic nitrogens is 4. The molecule has 0 atom stereocenters. The van der Waals surface area contributed by atoms with E-state index < -0.39 is 35.1 Å². The molecule has 0 spiro atoms. The Morgan fingerprint density at radius 2 is 0.958 bits per heavy atom. The van der Waals surface area contributed by atoms with Crippen molar-refractivity contribution in [1.29, 1.82) is 0 Å². The van der Waals surface area contributed by atoms with Gasteiger partial charge in [0.15, 0.2) is 0 Å². The molecule has 4 nitrogen and oxygen atoms in total. The summed E-state index contributed by atoms with van der Waals surface area (Å²) >= 11 is 0. The topological polar surface area (TPSA) is 57.4 Å². The highest BCUT2D eigenvalue weighted by Crippen LogP contribution is 2.58. The first kappa shape index (κ1) is 18.2. The first-order valence-corrected chi connectivity index (χ1v) is 6.31. The van der Waals surface area contributed by atoms with E-state index in [4.69, 9.17) is 0 Å². The Morgan fingerprint density at radius 1 is 0.667 bits per heavy atom. The molecular weight excluding hydrogens is 352 g/mol. The second kappa shape index (κ2) is 5.18. The van der Waals surface area contributed by atoms with Crippen LogP contribution >= 0.6 is 0 Å². The minimum absolute atomic E-state index is 0.140. The maximum atomic E-state index is 13.8. The number of nitrogens with one attached hydrogen (secondary N) is 2.